The van der Waals surface area contributed by atoms with Gasteiger partial charge >= 0.3 is 0 Å². The maximum absolute atomic E-state index is 11.5. The Balaban J connectivity index is 0.000000487. The summed E-state index contributed by atoms with van der Waals surface area (Å²) in [6.07, 6.45) is 8.54. The van der Waals surface area contributed by atoms with Gasteiger partial charge in [0.25, 0.3) is 0 Å². The van der Waals surface area contributed by atoms with E-state index < -0.39 is 9.84 Å². The van der Waals surface area contributed by atoms with Gasteiger partial charge in [-0.2, -0.15) is 0 Å². The first kappa shape index (κ1) is 21.9. The summed E-state index contributed by atoms with van der Waals surface area (Å²) in [6.45, 7) is 11.2. The van der Waals surface area contributed by atoms with E-state index in [2.05, 4.69) is 11.6 Å². The maximum Gasteiger partial charge on any atom is 0.175 e. The number of aryl methyl sites for hydroxylation is 1. The van der Waals surface area contributed by atoms with Crippen molar-refractivity contribution in [3.8, 4) is 5.69 Å². The number of sulfone groups is 1. The fourth-order valence-corrected chi connectivity index (χ4v) is 2.70. The first-order valence-corrected chi connectivity index (χ1v) is 10.3. The standard InChI is InChI=1S/C15H18N2O2S.C5H7Cl/c1-5-11(2)15-16-12(3)10-17(15)13-6-8-14(9-7-13)20(4,18)19;1-3-5(6)4-2/h5-10H,1-4H3;3-4H,1H2,2H3/b11-5+;5-4+. The highest BCUT2D eigenvalue weighted by atomic mass is 35.5. The molecule has 26 heavy (non-hydrogen) atoms. The summed E-state index contributed by atoms with van der Waals surface area (Å²) in [7, 11) is -3.16. The van der Waals surface area contributed by atoms with E-state index in [9.17, 15) is 8.42 Å². The molecule has 1 aromatic carbocycles. The number of aromatic nitrogens is 2. The van der Waals surface area contributed by atoms with Crippen LogP contribution in [-0.4, -0.2) is 24.2 Å². The van der Waals surface area contributed by atoms with Crippen molar-refractivity contribution in [1.82, 2.24) is 9.55 Å². The van der Waals surface area contributed by atoms with Crippen molar-refractivity contribution in [1.29, 1.82) is 0 Å². The molecule has 0 spiro atoms. The number of allylic oxidation sites excluding steroid dienone is 5. The largest absolute Gasteiger partial charge is 0.300 e. The third-order valence-electron chi connectivity index (χ3n) is 3.63. The summed E-state index contributed by atoms with van der Waals surface area (Å²) in [5.41, 5.74) is 2.90. The molecule has 0 radical (unpaired) electrons. The molecule has 0 N–H and O–H groups in total. The van der Waals surface area contributed by atoms with Crippen molar-refractivity contribution in [3.05, 3.63) is 71.8 Å². The molecule has 0 atom stereocenters. The van der Waals surface area contributed by atoms with Gasteiger partial charge in [0.15, 0.2) is 9.84 Å². The average molecular weight is 393 g/mol. The highest BCUT2D eigenvalue weighted by molar-refractivity contribution is 7.90. The fourth-order valence-electron chi connectivity index (χ4n) is 2.07. The van der Waals surface area contributed by atoms with Gasteiger partial charge in [0.1, 0.15) is 5.82 Å². The minimum absolute atomic E-state index is 0.322. The van der Waals surface area contributed by atoms with Crippen LogP contribution in [0.2, 0.25) is 0 Å². The predicted molar refractivity (Wildman–Crippen MR) is 111 cm³/mol. The predicted octanol–water partition coefficient (Wildman–Crippen LogP) is 5.32. The van der Waals surface area contributed by atoms with E-state index in [-0.39, 0.29) is 0 Å². The van der Waals surface area contributed by atoms with E-state index in [1.54, 1.807) is 36.4 Å². The zero-order valence-corrected chi connectivity index (χ0v) is 17.4. The Kier molecular flexibility index (Phi) is 8.06. The van der Waals surface area contributed by atoms with Gasteiger partial charge in [0.2, 0.25) is 0 Å². The number of halogens is 1. The summed E-state index contributed by atoms with van der Waals surface area (Å²) in [5.74, 6) is 0.872. The lowest BCUT2D eigenvalue weighted by Crippen LogP contribution is -2.00. The molecule has 0 unspecified atom stereocenters. The minimum Gasteiger partial charge on any atom is -0.300 e. The normalized spacial score (nSPS) is 12.4. The third kappa shape index (κ3) is 6.00. The average Bonchev–Trinajstić information content (AvgIpc) is 3.02. The molecule has 1 heterocycles. The van der Waals surface area contributed by atoms with Gasteiger partial charge in [-0.05, 0) is 57.5 Å². The number of hydrogen-bond acceptors (Lipinski definition) is 3. The van der Waals surface area contributed by atoms with Crippen LogP contribution in [0.25, 0.3) is 11.3 Å². The molecule has 140 valence electrons. The molecular formula is C20H25ClN2O2S. The Labute approximate surface area is 161 Å². The van der Waals surface area contributed by atoms with Crippen molar-refractivity contribution < 1.29 is 8.42 Å². The zero-order valence-electron chi connectivity index (χ0n) is 15.8. The van der Waals surface area contributed by atoms with Gasteiger partial charge in [0.05, 0.1) is 10.6 Å². The number of nitrogens with zero attached hydrogens (tertiary/aromatic N) is 2. The summed E-state index contributed by atoms with van der Waals surface area (Å²) >= 11 is 5.39. The monoisotopic (exact) mass is 392 g/mol. The van der Waals surface area contributed by atoms with Crippen molar-refractivity contribution >= 4 is 27.0 Å². The SMILES string of the molecule is C/C=C(\C)c1nc(C)cn1-c1ccc(S(C)(=O)=O)cc1.C=C/C(Cl)=C\C. The smallest absolute Gasteiger partial charge is 0.175 e. The molecule has 0 bridgehead atoms. The fraction of sp³-hybridized carbons (Fsp3) is 0.250. The molecule has 4 nitrogen and oxygen atoms in total. The van der Waals surface area contributed by atoms with Crippen LogP contribution in [0, 0.1) is 6.92 Å². The lowest BCUT2D eigenvalue weighted by molar-refractivity contribution is 0.602. The molecule has 0 aliphatic carbocycles. The number of imidazole rings is 1. The Hall–Kier alpha value is -2.11. The highest BCUT2D eigenvalue weighted by Crippen LogP contribution is 2.20. The van der Waals surface area contributed by atoms with E-state index in [1.807, 2.05) is 44.5 Å². The van der Waals surface area contributed by atoms with E-state index in [1.165, 1.54) is 6.26 Å². The molecule has 2 rings (SSSR count). The van der Waals surface area contributed by atoms with Crippen LogP contribution in [0.1, 0.15) is 32.3 Å². The zero-order chi connectivity index (χ0) is 19.9. The number of hydrogen-bond donors (Lipinski definition) is 0. The quantitative estimate of drug-likeness (QED) is 0.661. The summed E-state index contributed by atoms with van der Waals surface area (Å²) in [6, 6.07) is 6.83. The van der Waals surface area contributed by atoms with E-state index in [0.29, 0.717) is 9.93 Å². The first-order chi connectivity index (χ1) is 12.1. The molecule has 1 aromatic heterocycles. The molecule has 0 aliphatic rings. The van der Waals surface area contributed by atoms with Crippen molar-refractivity contribution in [2.24, 2.45) is 0 Å². The number of benzene rings is 1. The Morgan fingerprint density at radius 1 is 1.19 bits per heavy atom. The molecule has 0 fully saturated rings. The second-order valence-corrected chi connectivity index (χ2v) is 8.14. The Morgan fingerprint density at radius 3 is 2.15 bits per heavy atom. The lowest BCUT2D eigenvalue weighted by Gasteiger charge is -2.08. The van der Waals surface area contributed by atoms with Gasteiger partial charge < -0.3 is 0 Å². The summed E-state index contributed by atoms with van der Waals surface area (Å²) in [5, 5.41) is 0.704. The maximum atomic E-state index is 11.5. The first-order valence-electron chi connectivity index (χ1n) is 8.08. The molecule has 0 saturated heterocycles. The Bertz CT molecular complexity index is 921. The molecule has 0 amide bonds. The van der Waals surface area contributed by atoms with E-state index in [0.717, 1.165) is 22.8 Å². The van der Waals surface area contributed by atoms with E-state index >= 15 is 0 Å². The van der Waals surface area contributed by atoms with Crippen molar-refractivity contribution in [2.45, 2.75) is 32.6 Å². The molecule has 6 heteroatoms. The second-order valence-electron chi connectivity index (χ2n) is 5.69. The molecular weight excluding hydrogens is 368 g/mol. The van der Waals surface area contributed by atoms with Gasteiger partial charge in [-0.25, -0.2) is 13.4 Å². The second kappa shape index (κ2) is 9.55. The summed E-state index contributed by atoms with van der Waals surface area (Å²) in [4.78, 5) is 4.83. The van der Waals surface area contributed by atoms with Gasteiger partial charge in [-0.3, -0.25) is 4.57 Å². The van der Waals surface area contributed by atoms with Gasteiger partial charge in [-0.15, -0.1) is 0 Å². The van der Waals surface area contributed by atoms with Crippen LogP contribution in [0.3, 0.4) is 0 Å². The third-order valence-corrected chi connectivity index (χ3v) is 5.13. The van der Waals surface area contributed by atoms with Crippen LogP contribution in [-0.2, 0) is 9.84 Å². The number of rotatable bonds is 4. The molecule has 0 saturated carbocycles. The minimum atomic E-state index is -3.16. The lowest BCUT2D eigenvalue weighted by atomic mass is 10.2. The summed E-state index contributed by atoms with van der Waals surface area (Å²) < 4.78 is 24.9. The topological polar surface area (TPSA) is 52.0 Å². The van der Waals surface area contributed by atoms with Crippen LogP contribution >= 0.6 is 11.6 Å². The van der Waals surface area contributed by atoms with Gasteiger partial charge in [0, 0.05) is 23.2 Å². The van der Waals surface area contributed by atoms with Crippen LogP contribution in [0.15, 0.2) is 65.2 Å². The highest BCUT2D eigenvalue weighted by Gasteiger charge is 2.11. The van der Waals surface area contributed by atoms with Crippen LogP contribution < -0.4 is 0 Å². The molecule has 2 aromatic rings. The van der Waals surface area contributed by atoms with Gasteiger partial charge in [-0.1, -0.05) is 36.4 Å². The van der Waals surface area contributed by atoms with Crippen LogP contribution in [0.5, 0.6) is 0 Å². The Morgan fingerprint density at radius 2 is 1.77 bits per heavy atom. The van der Waals surface area contributed by atoms with Crippen molar-refractivity contribution in [3.63, 3.8) is 0 Å². The van der Waals surface area contributed by atoms with E-state index in [4.69, 9.17) is 11.6 Å². The van der Waals surface area contributed by atoms with Crippen molar-refractivity contribution in [2.75, 3.05) is 6.26 Å². The molecule has 0 aliphatic heterocycles. The van der Waals surface area contributed by atoms with Crippen LogP contribution in [0.4, 0.5) is 0 Å².